The van der Waals surface area contributed by atoms with Crippen molar-refractivity contribution in [3.05, 3.63) is 65.4 Å². The van der Waals surface area contributed by atoms with Crippen molar-refractivity contribution in [2.24, 2.45) is 0 Å². The van der Waals surface area contributed by atoms with E-state index in [2.05, 4.69) is 10.3 Å². The van der Waals surface area contributed by atoms with Crippen LogP contribution in [0.1, 0.15) is 38.0 Å². The number of anilines is 2. The molecule has 8 heteroatoms. The normalized spacial score (nSPS) is 10.5. The Hall–Kier alpha value is -3.94. The second kappa shape index (κ2) is 7.75. The fourth-order valence-corrected chi connectivity index (χ4v) is 2.75. The van der Waals surface area contributed by atoms with E-state index in [9.17, 15) is 24.6 Å². The molecule has 0 saturated carbocycles. The molecule has 8 nitrogen and oxygen atoms in total. The van der Waals surface area contributed by atoms with Gasteiger partial charge in [-0.25, -0.2) is 4.79 Å². The number of aromatic carboxylic acids is 2. The molecule has 1 aromatic heterocycles. The maximum atomic E-state index is 12.4. The second-order valence-electron chi connectivity index (χ2n) is 5.75. The molecule has 0 radical (unpaired) electrons. The number of rotatable bonds is 6. The first-order valence-electron chi connectivity index (χ1n) is 8.31. The van der Waals surface area contributed by atoms with Gasteiger partial charge < -0.3 is 29.9 Å². The molecule has 2 aromatic carbocycles. The number of hydrogen-bond acceptors (Lipinski definition) is 8. The van der Waals surface area contributed by atoms with E-state index in [0.717, 1.165) is 0 Å². The lowest BCUT2D eigenvalue weighted by molar-refractivity contribution is -0.256. The van der Waals surface area contributed by atoms with Crippen molar-refractivity contribution >= 4 is 40.2 Å². The Morgan fingerprint density at radius 1 is 1.04 bits per heavy atom. The molecule has 0 aliphatic rings. The third-order valence-corrected chi connectivity index (χ3v) is 3.98. The van der Waals surface area contributed by atoms with Crippen molar-refractivity contribution in [3.8, 4) is 0 Å². The number of ether oxygens (including phenoxy) is 1. The van der Waals surface area contributed by atoms with Gasteiger partial charge in [-0.15, -0.1) is 0 Å². The van der Waals surface area contributed by atoms with E-state index in [1.54, 1.807) is 19.1 Å². The first kappa shape index (κ1) is 18.8. The van der Waals surface area contributed by atoms with Gasteiger partial charge in [0.25, 0.3) is 0 Å². The number of aromatic nitrogens is 1. The van der Waals surface area contributed by atoms with E-state index in [4.69, 9.17) is 4.74 Å². The van der Waals surface area contributed by atoms with Crippen LogP contribution in [0.3, 0.4) is 0 Å². The summed E-state index contributed by atoms with van der Waals surface area (Å²) >= 11 is 0. The first-order valence-corrected chi connectivity index (χ1v) is 8.31. The van der Waals surface area contributed by atoms with Crippen LogP contribution in [0.15, 0.2) is 48.7 Å². The van der Waals surface area contributed by atoms with E-state index in [-0.39, 0.29) is 34.5 Å². The quantitative estimate of drug-likeness (QED) is 0.625. The lowest BCUT2D eigenvalue weighted by atomic mass is 10.0. The van der Waals surface area contributed by atoms with E-state index >= 15 is 0 Å². The molecule has 0 aliphatic carbocycles. The van der Waals surface area contributed by atoms with Crippen LogP contribution in [0.5, 0.6) is 0 Å². The van der Waals surface area contributed by atoms with Crippen molar-refractivity contribution in [2.45, 2.75) is 6.92 Å². The molecule has 3 rings (SSSR count). The van der Waals surface area contributed by atoms with E-state index in [1.807, 2.05) is 0 Å². The van der Waals surface area contributed by atoms with Gasteiger partial charge in [0.1, 0.15) is 5.56 Å². The summed E-state index contributed by atoms with van der Waals surface area (Å²) in [5.74, 6) is -3.42. The minimum Gasteiger partial charge on any atom is -0.545 e. The summed E-state index contributed by atoms with van der Waals surface area (Å²) in [6, 6.07) is 10.2. The van der Waals surface area contributed by atoms with Crippen LogP contribution in [-0.4, -0.2) is 29.5 Å². The smallest absolute Gasteiger partial charge is 0.341 e. The summed E-state index contributed by atoms with van der Waals surface area (Å²) in [6.07, 6.45) is 1.21. The Morgan fingerprint density at radius 3 is 2.46 bits per heavy atom. The van der Waals surface area contributed by atoms with Gasteiger partial charge >= 0.3 is 5.97 Å². The highest BCUT2D eigenvalue weighted by molar-refractivity contribution is 6.10. The van der Waals surface area contributed by atoms with Gasteiger partial charge in [-0.1, -0.05) is 30.3 Å². The van der Waals surface area contributed by atoms with Crippen LogP contribution in [0.25, 0.3) is 10.9 Å². The monoisotopic (exact) mass is 378 g/mol. The van der Waals surface area contributed by atoms with Crippen molar-refractivity contribution in [1.82, 2.24) is 4.98 Å². The Balaban J connectivity index is 2.21. The van der Waals surface area contributed by atoms with E-state index < -0.39 is 17.9 Å². The number of fused-ring (bicyclic) bond motifs is 1. The average molecular weight is 378 g/mol. The van der Waals surface area contributed by atoms with Crippen LogP contribution < -0.4 is 15.5 Å². The SMILES string of the molecule is CCOC(=O)c1cnc2c(C(=O)[O-])cccc2c1Nc1cccc(C(=O)[O-])c1. The van der Waals surface area contributed by atoms with Crippen LogP contribution in [0, 0.1) is 0 Å². The number of benzene rings is 2. The molecule has 1 N–H and O–H groups in total. The fraction of sp³-hybridized carbons (Fsp3) is 0.100. The zero-order valence-corrected chi connectivity index (χ0v) is 14.7. The molecule has 0 unspecified atom stereocenters. The zero-order chi connectivity index (χ0) is 20.3. The molecule has 3 aromatic rings. The number of carboxylic acids is 2. The van der Waals surface area contributed by atoms with E-state index in [0.29, 0.717) is 11.1 Å². The number of carboxylic acid groups (broad SMARTS) is 2. The number of esters is 1. The standard InChI is InChI=1S/C20H16N2O6/c1-2-28-20(27)15-10-21-16-13(7-4-8-14(16)19(25)26)17(15)22-12-6-3-5-11(9-12)18(23)24/h3-10H,2H2,1H3,(H,21,22)(H,23,24)(H,25,26)/p-2. The molecule has 142 valence electrons. The van der Waals surface area contributed by atoms with Gasteiger partial charge in [0.05, 0.1) is 29.7 Å². The van der Waals surface area contributed by atoms with Gasteiger partial charge in [-0.2, -0.15) is 0 Å². The predicted octanol–water partition coefficient (Wildman–Crippen LogP) is 0.882. The van der Waals surface area contributed by atoms with Crippen LogP contribution in [-0.2, 0) is 4.74 Å². The molecule has 0 spiro atoms. The minimum absolute atomic E-state index is 0.0588. The van der Waals surface area contributed by atoms with Crippen molar-refractivity contribution in [3.63, 3.8) is 0 Å². The molecule has 0 amide bonds. The lowest BCUT2D eigenvalue weighted by Crippen LogP contribution is -2.23. The highest BCUT2D eigenvalue weighted by atomic mass is 16.5. The minimum atomic E-state index is -1.41. The maximum absolute atomic E-state index is 12.4. The largest absolute Gasteiger partial charge is 0.545 e. The molecule has 0 bridgehead atoms. The number of nitrogens with one attached hydrogen (secondary N) is 1. The average Bonchev–Trinajstić information content (AvgIpc) is 2.68. The highest BCUT2D eigenvalue weighted by Crippen LogP contribution is 2.31. The predicted molar refractivity (Wildman–Crippen MR) is 96.1 cm³/mol. The van der Waals surface area contributed by atoms with Gasteiger partial charge in [-0.3, -0.25) is 4.98 Å². The second-order valence-corrected chi connectivity index (χ2v) is 5.75. The molecule has 0 fully saturated rings. The van der Waals surface area contributed by atoms with Gasteiger partial charge in [0.15, 0.2) is 0 Å². The Kier molecular flexibility index (Phi) is 5.21. The number of hydrogen-bond donors (Lipinski definition) is 1. The topological polar surface area (TPSA) is 131 Å². The van der Waals surface area contributed by atoms with Crippen molar-refractivity contribution in [1.29, 1.82) is 0 Å². The number of carbonyl (C=O) groups excluding carboxylic acids is 3. The molecule has 1 heterocycles. The molecular formula is C20H14N2O6-2. The fourth-order valence-electron chi connectivity index (χ4n) is 2.75. The number of pyridine rings is 1. The van der Waals surface area contributed by atoms with Gasteiger partial charge in [-0.05, 0) is 24.6 Å². The third kappa shape index (κ3) is 3.61. The Morgan fingerprint density at radius 2 is 1.79 bits per heavy atom. The molecule has 0 saturated heterocycles. The Labute approximate surface area is 159 Å². The molecule has 28 heavy (non-hydrogen) atoms. The highest BCUT2D eigenvalue weighted by Gasteiger charge is 2.18. The maximum Gasteiger partial charge on any atom is 0.341 e. The summed E-state index contributed by atoms with van der Waals surface area (Å²) in [6.45, 7) is 1.78. The van der Waals surface area contributed by atoms with Crippen LogP contribution in [0.2, 0.25) is 0 Å². The molecule has 0 aliphatic heterocycles. The van der Waals surface area contributed by atoms with Gasteiger partial charge in [0.2, 0.25) is 0 Å². The number of nitrogens with zero attached hydrogens (tertiary/aromatic N) is 1. The third-order valence-electron chi connectivity index (χ3n) is 3.98. The summed E-state index contributed by atoms with van der Waals surface area (Å²) in [7, 11) is 0. The van der Waals surface area contributed by atoms with Crippen LogP contribution in [0.4, 0.5) is 11.4 Å². The summed E-state index contributed by atoms with van der Waals surface area (Å²) < 4.78 is 5.04. The lowest BCUT2D eigenvalue weighted by Gasteiger charge is -2.16. The summed E-state index contributed by atoms with van der Waals surface area (Å²) in [5, 5.41) is 25.8. The van der Waals surface area contributed by atoms with Crippen LogP contribution >= 0.6 is 0 Å². The molecular weight excluding hydrogens is 364 g/mol. The number of carbonyl (C=O) groups is 3. The van der Waals surface area contributed by atoms with Gasteiger partial charge in [0, 0.05) is 22.8 Å². The first-order chi connectivity index (χ1) is 13.4. The summed E-state index contributed by atoms with van der Waals surface area (Å²) in [5.41, 5.74) is 0.592. The Bertz CT molecular complexity index is 1090. The van der Waals surface area contributed by atoms with Crippen molar-refractivity contribution in [2.75, 3.05) is 11.9 Å². The summed E-state index contributed by atoms with van der Waals surface area (Å²) in [4.78, 5) is 38.9. The zero-order valence-electron chi connectivity index (χ0n) is 14.7. The van der Waals surface area contributed by atoms with Crippen molar-refractivity contribution < 1.29 is 29.3 Å². The van der Waals surface area contributed by atoms with E-state index in [1.165, 1.54) is 36.5 Å². The molecule has 0 atom stereocenters. The number of para-hydroxylation sites is 1.